The minimum atomic E-state index is -1.07. The summed E-state index contributed by atoms with van der Waals surface area (Å²) in [5, 5.41) is 21.0. The molecule has 32 heavy (non-hydrogen) atoms. The van der Waals surface area contributed by atoms with E-state index in [-0.39, 0.29) is 30.4 Å². The summed E-state index contributed by atoms with van der Waals surface area (Å²) in [7, 11) is 0. The van der Waals surface area contributed by atoms with Gasteiger partial charge in [0.25, 0.3) is 0 Å². The zero-order valence-electron chi connectivity index (χ0n) is 17.5. The van der Waals surface area contributed by atoms with Crippen LogP contribution >= 0.6 is 0 Å². The van der Waals surface area contributed by atoms with Crippen LogP contribution in [0.1, 0.15) is 16.7 Å². The SMILES string of the molecule is NC(=O)Cc1ccccc1.O=C(Cc1ccc(O)cc1)NC(Cc1ccccc1)C(=O)O. The van der Waals surface area contributed by atoms with Gasteiger partial charge in [-0.15, -0.1) is 0 Å². The first-order valence-corrected chi connectivity index (χ1v) is 9.99. The van der Waals surface area contributed by atoms with E-state index >= 15 is 0 Å². The highest BCUT2D eigenvalue weighted by atomic mass is 16.4. The molecule has 0 saturated carbocycles. The third-order valence-electron chi connectivity index (χ3n) is 4.44. The molecular weight excluding hydrogens is 408 g/mol. The summed E-state index contributed by atoms with van der Waals surface area (Å²) in [6.07, 6.45) is 0.636. The Bertz CT molecular complexity index is 1010. The van der Waals surface area contributed by atoms with Crippen LogP contribution in [-0.4, -0.2) is 34.0 Å². The fraction of sp³-hybridized carbons (Fsp3) is 0.160. The number of benzene rings is 3. The highest BCUT2D eigenvalue weighted by Crippen LogP contribution is 2.10. The summed E-state index contributed by atoms with van der Waals surface area (Å²) in [5.41, 5.74) is 7.51. The highest BCUT2D eigenvalue weighted by molar-refractivity contribution is 5.85. The van der Waals surface area contributed by atoms with E-state index in [4.69, 9.17) is 5.73 Å². The van der Waals surface area contributed by atoms with Gasteiger partial charge in [0.05, 0.1) is 12.8 Å². The number of primary amides is 1. The molecule has 0 bridgehead atoms. The third kappa shape index (κ3) is 9.13. The summed E-state index contributed by atoms with van der Waals surface area (Å²) >= 11 is 0. The molecule has 166 valence electrons. The molecule has 0 fully saturated rings. The summed E-state index contributed by atoms with van der Waals surface area (Å²) in [6, 6.07) is 23.8. The molecule has 0 heterocycles. The van der Waals surface area contributed by atoms with Crippen molar-refractivity contribution in [3.63, 3.8) is 0 Å². The number of phenolic OH excluding ortho intramolecular Hbond substituents is 1. The Labute approximate surface area is 186 Å². The Balaban J connectivity index is 0.000000303. The number of carbonyl (C=O) groups excluding carboxylic acids is 2. The van der Waals surface area contributed by atoms with Crippen LogP contribution in [0.5, 0.6) is 5.75 Å². The number of carboxylic acid groups (broad SMARTS) is 1. The summed E-state index contributed by atoms with van der Waals surface area (Å²) in [6.45, 7) is 0. The summed E-state index contributed by atoms with van der Waals surface area (Å²) < 4.78 is 0. The van der Waals surface area contributed by atoms with Crippen molar-refractivity contribution in [2.75, 3.05) is 0 Å². The number of aliphatic carboxylic acids is 1. The van der Waals surface area contributed by atoms with E-state index in [9.17, 15) is 24.6 Å². The second-order valence-electron chi connectivity index (χ2n) is 7.12. The van der Waals surface area contributed by atoms with Gasteiger partial charge in [-0.3, -0.25) is 9.59 Å². The van der Waals surface area contributed by atoms with E-state index in [1.54, 1.807) is 12.1 Å². The average molecular weight is 434 g/mol. The van der Waals surface area contributed by atoms with Crippen molar-refractivity contribution in [3.05, 3.63) is 102 Å². The van der Waals surface area contributed by atoms with Gasteiger partial charge in [-0.25, -0.2) is 4.79 Å². The monoisotopic (exact) mass is 434 g/mol. The molecule has 3 aromatic carbocycles. The minimum Gasteiger partial charge on any atom is -0.508 e. The standard InChI is InChI=1S/C17H17NO4.C8H9NO/c19-14-8-6-13(7-9-14)11-16(20)18-15(17(21)22)10-12-4-2-1-3-5-12;9-8(10)6-7-4-2-1-3-5-7/h1-9,15,19H,10-11H2,(H,18,20)(H,21,22);1-5H,6H2,(H2,9,10). The zero-order chi connectivity index (χ0) is 23.3. The first kappa shape index (κ1) is 24.1. The van der Waals surface area contributed by atoms with Crippen molar-refractivity contribution in [2.24, 2.45) is 5.73 Å². The molecule has 0 spiro atoms. The van der Waals surface area contributed by atoms with Gasteiger partial charge < -0.3 is 21.3 Å². The van der Waals surface area contributed by atoms with Crippen molar-refractivity contribution in [1.82, 2.24) is 5.32 Å². The highest BCUT2D eigenvalue weighted by Gasteiger charge is 2.20. The van der Waals surface area contributed by atoms with E-state index in [0.717, 1.165) is 11.1 Å². The van der Waals surface area contributed by atoms with Crippen LogP contribution < -0.4 is 11.1 Å². The Hall–Kier alpha value is -4.13. The van der Waals surface area contributed by atoms with Crippen LogP contribution in [0.15, 0.2) is 84.9 Å². The van der Waals surface area contributed by atoms with Crippen molar-refractivity contribution in [2.45, 2.75) is 25.3 Å². The van der Waals surface area contributed by atoms with Crippen LogP contribution in [0.3, 0.4) is 0 Å². The van der Waals surface area contributed by atoms with Crippen LogP contribution in [0.2, 0.25) is 0 Å². The van der Waals surface area contributed by atoms with E-state index < -0.39 is 12.0 Å². The van der Waals surface area contributed by atoms with Crippen LogP contribution in [0, 0.1) is 0 Å². The van der Waals surface area contributed by atoms with Crippen molar-refractivity contribution in [3.8, 4) is 5.75 Å². The van der Waals surface area contributed by atoms with Gasteiger partial charge in [-0.05, 0) is 28.8 Å². The first-order chi connectivity index (χ1) is 15.3. The van der Waals surface area contributed by atoms with Gasteiger partial charge in [0.1, 0.15) is 11.8 Å². The van der Waals surface area contributed by atoms with Crippen molar-refractivity contribution < 1.29 is 24.6 Å². The fourth-order valence-electron chi connectivity index (χ4n) is 2.89. The lowest BCUT2D eigenvalue weighted by Crippen LogP contribution is -2.43. The molecule has 0 aliphatic carbocycles. The quantitative estimate of drug-likeness (QED) is 0.433. The second-order valence-corrected chi connectivity index (χ2v) is 7.12. The molecule has 3 aromatic rings. The fourth-order valence-corrected chi connectivity index (χ4v) is 2.89. The predicted molar refractivity (Wildman–Crippen MR) is 121 cm³/mol. The number of carbonyl (C=O) groups is 3. The van der Waals surface area contributed by atoms with E-state index in [0.29, 0.717) is 12.0 Å². The Morgan fingerprint density at radius 1 is 0.750 bits per heavy atom. The van der Waals surface area contributed by atoms with Gasteiger partial charge in [0, 0.05) is 6.42 Å². The second kappa shape index (κ2) is 12.5. The topological polar surface area (TPSA) is 130 Å². The number of rotatable bonds is 8. The van der Waals surface area contributed by atoms with Crippen LogP contribution in [0.25, 0.3) is 0 Å². The Morgan fingerprint density at radius 2 is 1.25 bits per heavy atom. The van der Waals surface area contributed by atoms with E-state index in [2.05, 4.69) is 5.32 Å². The Morgan fingerprint density at radius 3 is 1.75 bits per heavy atom. The third-order valence-corrected chi connectivity index (χ3v) is 4.44. The number of aromatic hydroxyl groups is 1. The molecule has 0 radical (unpaired) electrons. The van der Waals surface area contributed by atoms with Crippen molar-refractivity contribution >= 4 is 17.8 Å². The summed E-state index contributed by atoms with van der Waals surface area (Å²) in [5.74, 6) is -1.60. The van der Waals surface area contributed by atoms with Gasteiger partial charge >= 0.3 is 5.97 Å². The maximum atomic E-state index is 12.0. The number of nitrogens with one attached hydrogen (secondary N) is 1. The normalized spacial score (nSPS) is 10.9. The first-order valence-electron chi connectivity index (χ1n) is 9.99. The molecular formula is C25H26N2O5. The number of nitrogens with two attached hydrogens (primary N) is 1. The smallest absolute Gasteiger partial charge is 0.326 e. The molecule has 1 unspecified atom stereocenters. The molecule has 3 rings (SSSR count). The largest absolute Gasteiger partial charge is 0.508 e. The van der Waals surface area contributed by atoms with Crippen LogP contribution in [0.4, 0.5) is 0 Å². The molecule has 1 atom stereocenters. The zero-order valence-corrected chi connectivity index (χ0v) is 17.5. The number of amides is 2. The van der Waals surface area contributed by atoms with Gasteiger partial charge in [-0.1, -0.05) is 72.8 Å². The van der Waals surface area contributed by atoms with Crippen LogP contribution in [-0.2, 0) is 33.6 Å². The maximum Gasteiger partial charge on any atom is 0.326 e. The van der Waals surface area contributed by atoms with E-state index in [1.165, 1.54) is 12.1 Å². The lowest BCUT2D eigenvalue weighted by Gasteiger charge is -2.14. The Kier molecular flexibility index (Phi) is 9.46. The lowest BCUT2D eigenvalue weighted by atomic mass is 10.1. The number of phenols is 1. The van der Waals surface area contributed by atoms with Gasteiger partial charge in [0.2, 0.25) is 11.8 Å². The van der Waals surface area contributed by atoms with Gasteiger partial charge in [0.15, 0.2) is 0 Å². The molecule has 0 saturated heterocycles. The molecule has 0 aliphatic heterocycles. The number of hydrogen-bond acceptors (Lipinski definition) is 4. The minimum absolute atomic E-state index is 0.0683. The molecule has 0 aliphatic rings. The number of hydrogen-bond donors (Lipinski definition) is 4. The predicted octanol–water partition coefficient (Wildman–Crippen LogP) is 2.46. The summed E-state index contributed by atoms with van der Waals surface area (Å²) in [4.78, 5) is 33.6. The molecule has 2 amide bonds. The number of carboxylic acids is 1. The maximum absolute atomic E-state index is 12.0. The molecule has 7 heteroatoms. The van der Waals surface area contributed by atoms with Crippen molar-refractivity contribution in [1.29, 1.82) is 0 Å². The average Bonchev–Trinajstić information content (AvgIpc) is 2.76. The lowest BCUT2D eigenvalue weighted by molar-refractivity contribution is -0.141. The molecule has 0 aromatic heterocycles. The molecule has 7 nitrogen and oxygen atoms in total. The van der Waals surface area contributed by atoms with E-state index in [1.807, 2.05) is 60.7 Å². The molecule has 5 N–H and O–H groups in total. The van der Waals surface area contributed by atoms with Gasteiger partial charge in [-0.2, -0.15) is 0 Å².